The highest BCUT2D eigenvalue weighted by atomic mass is 32.1. The molecule has 0 atom stereocenters. The molecule has 0 radical (unpaired) electrons. The summed E-state index contributed by atoms with van der Waals surface area (Å²) in [5, 5.41) is 7.85. The summed E-state index contributed by atoms with van der Waals surface area (Å²) in [7, 11) is 0. The minimum Gasteiger partial charge on any atom is -0.360 e. The quantitative estimate of drug-likeness (QED) is 0.740. The molecule has 2 fully saturated rings. The normalized spacial score (nSPS) is 27.5. The van der Waals surface area contributed by atoms with Crippen molar-refractivity contribution in [3.63, 3.8) is 0 Å². The third kappa shape index (κ3) is 2.44. The second-order valence-electron chi connectivity index (χ2n) is 6.83. The van der Waals surface area contributed by atoms with E-state index in [1.165, 1.54) is 32.1 Å². The van der Waals surface area contributed by atoms with Crippen molar-refractivity contribution in [1.29, 1.82) is 0 Å². The molecule has 0 aliphatic heterocycles. The van der Waals surface area contributed by atoms with Crippen molar-refractivity contribution >= 4 is 17.3 Å². The highest BCUT2D eigenvalue weighted by Crippen LogP contribution is 2.62. The van der Waals surface area contributed by atoms with Crippen molar-refractivity contribution in [1.82, 2.24) is 10.6 Å². The van der Waals surface area contributed by atoms with Gasteiger partial charge in [-0.2, -0.15) is 0 Å². The Hall–Kier alpha value is -0.310. The zero-order valence-electron chi connectivity index (χ0n) is 11.6. The van der Waals surface area contributed by atoms with Crippen molar-refractivity contribution in [3.8, 4) is 0 Å². The Balaban J connectivity index is 1.79. The molecule has 0 spiro atoms. The van der Waals surface area contributed by atoms with E-state index in [0.29, 0.717) is 22.9 Å². The lowest BCUT2D eigenvalue weighted by atomic mass is 9.96. The van der Waals surface area contributed by atoms with Gasteiger partial charge in [0.25, 0.3) is 0 Å². The molecule has 0 bridgehead atoms. The maximum atomic E-state index is 5.43. The van der Waals surface area contributed by atoms with E-state index < -0.39 is 0 Å². The molecule has 0 amide bonds. The molecule has 2 aliphatic rings. The van der Waals surface area contributed by atoms with E-state index in [0.717, 1.165) is 5.11 Å². The molecular weight excluding hydrogens is 228 g/mol. The van der Waals surface area contributed by atoms with Crippen molar-refractivity contribution in [2.75, 3.05) is 0 Å². The van der Waals surface area contributed by atoms with Crippen LogP contribution in [0.3, 0.4) is 0 Å². The molecule has 0 heterocycles. The van der Waals surface area contributed by atoms with Gasteiger partial charge in [0.15, 0.2) is 5.11 Å². The first kappa shape index (κ1) is 13.1. The summed E-state index contributed by atoms with van der Waals surface area (Å²) >= 11 is 5.43. The first-order valence-corrected chi connectivity index (χ1v) is 7.33. The summed E-state index contributed by atoms with van der Waals surface area (Å²) in [6.45, 7) is 9.25. The van der Waals surface area contributed by atoms with E-state index in [2.05, 4.69) is 38.3 Å². The van der Waals surface area contributed by atoms with Gasteiger partial charge in [-0.1, -0.05) is 47.0 Å². The van der Waals surface area contributed by atoms with Crippen LogP contribution >= 0.6 is 12.2 Å². The van der Waals surface area contributed by atoms with Gasteiger partial charge >= 0.3 is 0 Å². The van der Waals surface area contributed by atoms with Gasteiger partial charge in [0, 0.05) is 12.1 Å². The molecule has 2 saturated carbocycles. The summed E-state index contributed by atoms with van der Waals surface area (Å²) in [5.74, 6) is 0. The summed E-state index contributed by atoms with van der Waals surface area (Å²) in [6, 6.07) is 1.12. The number of thiocarbonyl (C=S) groups is 1. The molecule has 2 nitrogen and oxygen atoms in total. The van der Waals surface area contributed by atoms with Gasteiger partial charge in [0.05, 0.1) is 0 Å². The van der Waals surface area contributed by atoms with E-state index in [4.69, 9.17) is 12.2 Å². The largest absolute Gasteiger partial charge is 0.360 e. The van der Waals surface area contributed by atoms with E-state index in [1.54, 1.807) is 0 Å². The Morgan fingerprint density at radius 3 is 1.94 bits per heavy atom. The zero-order chi connectivity index (χ0) is 12.7. The predicted octanol–water partition coefficient (Wildman–Crippen LogP) is 3.22. The van der Waals surface area contributed by atoms with Crippen molar-refractivity contribution in [2.24, 2.45) is 10.8 Å². The lowest BCUT2D eigenvalue weighted by molar-refractivity contribution is 0.411. The second kappa shape index (κ2) is 4.42. The fraction of sp³-hybridized carbons (Fsp3) is 0.929. The van der Waals surface area contributed by atoms with Gasteiger partial charge in [0.2, 0.25) is 0 Å². The molecule has 3 heteroatoms. The van der Waals surface area contributed by atoms with Crippen molar-refractivity contribution in [3.05, 3.63) is 0 Å². The van der Waals surface area contributed by atoms with Crippen LogP contribution in [-0.4, -0.2) is 17.2 Å². The lowest BCUT2D eigenvalue weighted by Gasteiger charge is -2.24. The van der Waals surface area contributed by atoms with Crippen LogP contribution in [0.25, 0.3) is 0 Å². The van der Waals surface area contributed by atoms with E-state index in [-0.39, 0.29) is 0 Å². The third-order valence-corrected chi connectivity index (χ3v) is 5.47. The maximum Gasteiger partial charge on any atom is 0.166 e. The van der Waals surface area contributed by atoms with Gasteiger partial charge in [-0.25, -0.2) is 0 Å². The average molecular weight is 254 g/mol. The molecule has 98 valence electrons. The monoisotopic (exact) mass is 254 g/mol. The summed E-state index contributed by atoms with van der Waals surface area (Å²) < 4.78 is 0. The van der Waals surface area contributed by atoms with Crippen LogP contribution in [-0.2, 0) is 0 Å². The van der Waals surface area contributed by atoms with Crippen LogP contribution in [0.1, 0.15) is 59.8 Å². The van der Waals surface area contributed by atoms with Gasteiger partial charge in [0.1, 0.15) is 0 Å². The number of hydrogen-bond donors (Lipinski definition) is 2. The Bertz CT molecular complexity index is 289. The first-order chi connectivity index (χ1) is 7.85. The minimum absolute atomic E-state index is 0.352. The Morgan fingerprint density at radius 2 is 1.47 bits per heavy atom. The molecule has 17 heavy (non-hydrogen) atoms. The standard InChI is InChI=1S/C14H26N2S/c1-13(2)11(14(13,3)4)16-12(17)15-10-8-6-5-7-9-10/h10-11H,5-9H2,1-4H3,(H2,15,16,17). The molecule has 0 aromatic rings. The van der Waals surface area contributed by atoms with Crippen LogP contribution in [0.2, 0.25) is 0 Å². The summed E-state index contributed by atoms with van der Waals surface area (Å²) in [5.41, 5.74) is 0.705. The Kier molecular flexibility index (Phi) is 3.41. The highest BCUT2D eigenvalue weighted by molar-refractivity contribution is 7.80. The number of hydrogen-bond acceptors (Lipinski definition) is 1. The predicted molar refractivity (Wildman–Crippen MR) is 77.1 cm³/mol. The maximum absolute atomic E-state index is 5.43. The lowest BCUT2D eigenvalue weighted by Crippen LogP contribution is -2.44. The zero-order valence-corrected chi connectivity index (χ0v) is 12.4. The molecule has 2 rings (SSSR count). The van der Waals surface area contributed by atoms with Crippen LogP contribution in [0.4, 0.5) is 0 Å². The molecule has 0 saturated heterocycles. The minimum atomic E-state index is 0.352. The van der Waals surface area contributed by atoms with Gasteiger partial charge in [-0.05, 0) is 35.9 Å². The van der Waals surface area contributed by atoms with Gasteiger partial charge in [-0.3, -0.25) is 0 Å². The average Bonchev–Trinajstić information content (AvgIpc) is 2.62. The smallest absolute Gasteiger partial charge is 0.166 e. The molecule has 0 aromatic carbocycles. The summed E-state index contributed by atoms with van der Waals surface area (Å²) in [4.78, 5) is 0. The number of nitrogens with one attached hydrogen (secondary N) is 2. The van der Waals surface area contributed by atoms with Crippen molar-refractivity contribution in [2.45, 2.75) is 71.9 Å². The molecule has 0 aromatic heterocycles. The topological polar surface area (TPSA) is 24.1 Å². The third-order valence-electron chi connectivity index (χ3n) is 5.24. The van der Waals surface area contributed by atoms with Crippen LogP contribution < -0.4 is 10.6 Å². The second-order valence-corrected chi connectivity index (χ2v) is 7.24. The van der Waals surface area contributed by atoms with E-state index >= 15 is 0 Å². The van der Waals surface area contributed by atoms with Crippen molar-refractivity contribution < 1.29 is 0 Å². The van der Waals surface area contributed by atoms with Gasteiger partial charge < -0.3 is 10.6 Å². The summed E-state index contributed by atoms with van der Waals surface area (Å²) in [6.07, 6.45) is 6.64. The van der Waals surface area contributed by atoms with Crippen LogP contribution in [0.15, 0.2) is 0 Å². The van der Waals surface area contributed by atoms with Crippen LogP contribution in [0.5, 0.6) is 0 Å². The highest BCUT2D eigenvalue weighted by Gasteiger charge is 2.65. The SMILES string of the molecule is CC1(C)C(NC(=S)NC2CCCCC2)C1(C)C. The fourth-order valence-electron chi connectivity index (χ4n) is 3.16. The first-order valence-electron chi connectivity index (χ1n) is 6.93. The Morgan fingerprint density at radius 1 is 0.941 bits per heavy atom. The van der Waals surface area contributed by atoms with Gasteiger partial charge in [-0.15, -0.1) is 0 Å². The fourth-order valence-corrected chi connectivity index (χ4v) is 3.45. The molecule has 2 aliphatic carbocycles. The molecular formula is C14H26N2S. The molecule has 2 N–H and O–H groups in total. The van der Waals surface area contributed by atoms with E-state index in [9.17, 15) is 0 Å². The number of rotatable bonds is 2. The molecule has 0 unspecified atom stereocenters. The van der Waals surface area contributed by atoms with E-state index in [1.807, 2.05) is 0 Å². The van der Waals surface area contributed by atoms with Crippen LogP contribution in [0, 0.1) is 10.8 Å². The Labute approximate surface area is 111 Å².